The molecule has 35 heavy (non-hydrogen) atoms. The summed E-state index contributed by atoms with van der Waals surface area (Å²) in [5.74, 6) is 0.792. The van der Waals surface area contributed by atoms with Crippen LogP contribution in [-0.2, 0) is 16.0 Å². The van der Waals surface area contributed by atoms with E-state index < -0.39 is 6.04 Å². The van der Waals surface area contributed by atoms with Gasteiger partial charge in [-0.05, 0) is 55.7 Å². The molecule has 4 aromatic rings. The molecule has 2 heterocycles. The third kappa shape index (κ3) is 5.02. The second kappa shape index (κ2) is 10.2. The molecule has 2 N–H and O–H groups in total. The predicted octanol–water partition coefficient (Wildman–Crippen LogP) is 5.84. The fourth-order valence-corrected chi connectivity index (χ4v) is 5.05. The van der Waals surface area contributed by atoms with Gasteiger partial charge in [0.15, 0.2) is 6.04 Å². The zero-order valence-corrected chi connectivity index (χ0v) is 20.0. The minimum atomic E-state index is -0.897. The molecule has 0 saturated heterocycles. The smallest absolute Gasteiger partial charge is 0.251 e. The number of nitrogens with zero attached hydrogens (tertiary/aromatic N) is 1. The van der Waals surface area contributed by atoms with Gasteiger partial charge in [0.05, 0.1) is 6.42 Å². The molecule has 1 aliphatic carbocycles. The monoisotopic (exact) mass is 469 g/mol. The Kier molecular flexibility index (Phi) is 6.70. The molecule has 2 aromatic heterocycles. The number of H-pyrrole nitrogens is 1. The van der Waals surface area contributed by atoms with E-state index >= 15 is 0 Å². The molecule has 2 aromatic carbocycles. The highest BCUT2D eigenvalue weighted by molar-refractivity contribution is 6.03. The summed E-state index contributed by atoms with van der Waals surface area (Å²) in [6.07, 6.45) is 7.38. The molecule has 1 aliphatic rings. The summed E-state index contributed by atoms with van der Waals surface area (Å²) in [6, 6.07) is 20.2. The lowest BCUT2D eigenvalue weighted by Crippen LogP contribution is -2.47. The molecule has 1 saturated carbocycles. The summed E-state index contributed by atoms with van der Waals surface area (Å²) in [6.45, 7) is 1.85. The summed E-state index contributed by atoms with van der Waals surface area (Å²) in [5.41, 5.74) is 2.54. The molecule has 180 valence electrons. The first kappa shape index (κ1) is 23.0. The first-order valence-corrected chi connectivity index (χ1v) is 12.4. The minimum absolute atomic E-state index is 0.121. The van der Waals surface area contributed by atoms with Crippen molar-refractivity contribution in [2.75, 3.05) is 4.90 Å². The van der Waals surface area contributed by atoms with Crippen LogP contribution in [0.5, 0.6) is 0 Å². The number of nitrogens with one attached hydrogen (secondary N) is 2. The maximum atomic E-state index is 14.0. The number of amides is 2. The Hall–Kier alpha value is -3.80. The summed E-state index contributed by atoms with van der Waals surface area (Å²) in [4.78, 5) is 32.6. The number of furan rings is 1. The Bertz CT molecular complexity index is 1300. The molecule has 2 amide bonds. The minimum Gasteiger partial charge on any atom is -0.464 e. The zero-order chi connectivity index (χ0) is 24.2. The van der Waals surface area contributed by atoms with Gasteiger partial charge < -0.3 is 14.7 Å². The van der Waals surface area contributed by atoms with Gasteiger partial charge in [-0.1, -0.05) is 55.7 Å². The van der Waals surface area contributed by atoms with E-state index in [2.05, 4.69) is 10.3 Å². The number of carbonyl (C=O) groups excluding carboxylic acids is 2. The fraction of sp³-hybridized carbons (Fsp3) is 0.310. The number of carbonyl (C=O) groups is 2. The van der Waals surface area contributed by atoms with Gasteiger partial charge in [-0.15, -0.1) is 0 Å². The van der Waals surface area contributed by atoms with Crippen molar-refractivity contribution >= 4 is 28.4 Å². The molecule has 0 unspecified atom stereocenters. The molecular formula is C29H31N3O3. The molecule has 0 bridgehead atoms. The van der Waals surface area contributed by atoms with E-state index in [-0.39, 0.29) is 24.3 Å². The van der Waals surface area contributed by atoms with E-state index in [0.717, 1.165) is 42.1 Å². The lowest BCUT2D eigenvalue weighted by atomic mass is 9.95. The van der Waals surface area contributed by atoms with Crippen LogP contribution in [0.15, 0.2) is 77.3 Å². The first-order valence-electron chi connectivity index (χ1n) is 12.4. The first-order chi connectivity index (χ1) is 17.1. The Labute approximate surface area is 205 Å². The number of hydrogen-bond acceptors (Lipinski definition) is 3. The number of para-hydroxylation sites is 2. The van der Waals surface area contributed by atoms with Crippen molar-refractivity contribution in [1.82, 2.24) is 10.3 Å². The molecule has 0 aliphatic heterocycles. The average Bonchev–Trinajstić information content (AvgIpc) is 3.49. The number of aromatic nitrogens is 1. The van der Waals surface area contributed by atoms with Crippen molar-refractivity contribution < 1.29 is 14.0 Å². The highest BCUT2D eigenvalue weighted by atomic mass is 16.3. The Morgan fingerprint density at radius 3 is 2.49 bits per heavy atom. The van der Waals surface area contributed by atoms with Crippen LogP contribution in [0.2, 0.25) is 0 Å². The van der Waals surface area contributed by atoms with Crippen LogP contribution in [0, 0.1) is 6.92 Å². The van der Waals surface area contributed by atoms with E-state index in [9.17, 15) is 9.59 Å². The second-order valence-corrected chi connectivity index (χ2v) is 9.33. The highest BCUT2D eigenvalue weighted by Gasteiger charge is 2.36. The molecule has 0 spiro atoms. The van der Waals surface area contributed by atoms with Crippen molar-refractivity contribution in [2.24, 2.45) is 0 Å². The number of aromatic amines is 1. The lowest BCUT2D eigenvalue weighted by Gasteiger charge is -2.32. The summed E-state index contributed by atoms with van der Waals surface area (Å²) in [7, 11) is 0. The van der Waals surface area contributed by atoms with E-state index in [1.807, 2.05) is 73.8 Å². The van der Waals surface area contributed by atoms with Crippen molar-refractivity contribution in [1.29, 1.82) is 0 Å². The fourth-order valence-electron chi connectivity index (χ4n) is 5.05. The molecular weight excluding hydrogens is 438 g/mol. The maximum absolute atomic E-state index is 14.0. The third-order valence-electron chi connectivity index (χ3n) is 6.81. The number of anilines is 1. The van der Waals surface area contributed by atoms with Gasteiger partial charge in [-0.3, -0.25) is 14.5 Å². The Morgan fingerprint density at radius 1 is 1.00 bits per heavy atom. The molecule has 1 fully saturated rings. The quantitative estimate of drug-likeness (QED) is 0.357. The molecule has 6 heteroatoms. The Morgan fingerprint density at radius 2 is 1.74 bits per heavy atom. The van der Waals surface area contributed by atoms with Gasteiger partial charge >= 0.3 is 0 Å². The largest absolute Gasteiger partial charge is 0.464 e. The predicted molar refractivity (Wildman–Crippen MR) is 137 cm³/mol. The average molecular weight is 470 g/mol. The number of aryl methyl sites for hydroxylation is 1. The number of rotatable bonds is 7. The van der Waals surface area contributed by atoms with Gasteiger partial charge in [0, 0.05) is 28.8 Å². The highest BCUT2D eigenvalue weighted by Crippen LogP contribution is 2.31. The maximum Gasteiger partial charge on any atom is 0.251 e. The second-order valence-electron chi connectivity index (χ2n) is 9.33. The van der Waals surface area contributed by atoms with Crippen molar-refractivity contribution in [2.45, 2.75) is 57.5 Å². The van der Waals surface area contributed by atoms with Gasteiger partial charge in [0.1, 0.15) is 11.5 Å². The SMILES string of the molecule is Cc1ccc([C@H](C(=O)NC2CCCCC2)N(C(=O)Cc2c[nH]c3ccccc23)c2ccccc2)o1. The van der Waals surface area contributed by atoms with Crippen LogP contribution >= 0.6 is 0 Å². The molecule has 6 nitrogen and oxygen atoms in total. The third-order valence-corrected chi connectivity index (χ3v) is 6.81. The van der Waals surface area contributed by atoms with E-state index in [1.54, 1.807) is 11.0 Å². The number of hydrogen-bond donors (Lipinski definition) is 2. The van der Waals surface area contributed by atoms with Crippen LogP contribution in [0.3, 0.4) is 0 Å². The van der Waals surface area contributed by atoms with Gasteiger partial charge in [-0.25, -0.2) is 0 Å². The molecule has 0 radical (unpaired) electrons. The molecule has 5 rings (SSSR count). The van der Waals surface area contributed by atoms with Crippen LogP contribution in [-0.4, -0.2) is 22.8 Å². The van der Waals surface area contributed by atoms with Gasteiger partial charge in [0.25, 0.3) is 5.91 Å². The number of benzene rings is 2. The van der Waals surface area contributed by atoms with Crippen LogP contribution in [0.25, 0.3) is 10.9 Å². The number of fused-ring (bicyclic) bond motifs is 1. The zero-order valence-electron chi connectivity index (χ0n) is 20.0. The van der Waals surface area contributed by atoms with Crippen LogP contribution in [0.1, 0.15) is 55.2 Å². The van der Waals surface area contributed by atoms with E-state index in [1.165, 1.54) is 6.42 Å². The lowest BCUT2D eigenvalue weighted by molar-refractivity contribution is -0.127. The van der Waals surface area contributed by atoms with Gasteiger partial charge in [0.2, 0.25) is 5.91 Å². The van der Waals surface area contributed by atoms with Crippen molar-refractivity contribution in [3.8, 4) is 0 Å². The molecule has 1 atom stereocenters. The normalized spacial score (nSPS) is 15.1. The van der Waals surface area contributed by atoms with Crippen LogP contribution < -0.4 is 10.2 Å². The van der Waals surface area contributed by atoms with Crippen LogP contribution in [0.4, 0.5) is 5.69 Å². The Balaban J connectivity index is 1.52. The topological polar surface area (TPSA) is 78.3 Å². The summed E-state index contributed by atoms with van der Waals surface area (Å²) < 4.78 is 5.95. The van der Waals surface area contributed by atoms with Crippen molar-refractivity contribution in [3.05, 3.63) is 90.0 Å². The van der Waals surface area contributed by atoms with E-state index in [0.29, 0.717) is 17.2 Å². The summed E-state index contributed by atoms with van der Waals surface area (Å²) >= 11 is 0. The van der Waals surface area contributed by atoms with Crippen molar-refractivity contribution in [3.63, 3.8) is 0 Å². The standard InChI is InChI=1S/C29H31N3O3/c1-20-16-17-26(35-20)28(29(34)31-22-10-4-2-5-11-22)32(23-12-6-3-7-13-23)27(33)18-21-19-30-25-15-9-8-14-24(21)25/h3,6-9,12-17,19,22,28,30H,2,4-5,10-11,18H2,1H3,(H,31,34)/t28-/m1/s1. The van der Waals surface area contributed by atoms with Gasteiger partial charge in [-0.2, -0.15) is 0 Å². The van der Waals surface area contributed by atoms with E-state index in [4.69, 9.17) is 4.42 Å². The summed E-state index contributed by atoms with van der Waals surface area (Å²) in [5, 5.41) is 4.23.